The van der Waals surface area contributed by atoms with Gasteiger partial charge in [0.05, 0.1) is 5.60 Å². The second kappa shape index (κ2) is 6.13. The molecule has 0 aromatic rings. The van der Waals surface area contributed by atoms with E-state index in [9.17, 15) is 5.11 Å². The molecule has 0 bridgehead atoms. The molecule has 2 nitrogen and oxygen atoms in total. The number of hydrogen-bond acceptors (Lipinski definition) is 2. The van der Waals surface area contributed by atoms with Crippen LogP contribution in [0.2, 0.25) is 0 Å². The Morgan fingerprint density at radius 3 is 2.32 bits per heavy atom. The Morgan fingerprint density at radius 2 is 1.74 bits per heavy atom. The topological polar surface area (TPSA) is 32.3 Å². The van der Waals surface area contributed by atoms with Crippen molar-refractivity contribution >= 4 is 0 Å². The largest absolute Gasteiger partial charge is 0.389 e. The third kappa shape index (κ3) is 3.95. The van der Waals surface area contributed by atoms with Crippen LogP contribution in [0.15, 0.2) is 0 Å². The quantitative estimate of drug-likeness (QED) is 0.810. The first-order chi connectivity index (χ1) is 8.95. The van der Waals surface area contributed by atoms with Gasteiger partial charge < -0.3 is 10.4 Å². The highest BCUT2D eigenvalue weighted by molar-refractivity contribution is 4.92. The van der Waals surface area contributed by atoms with Gasteiger partial charge in [-0.05, 0) is 49.9 Å². The normalized spacial score (nSPS) is 39.2. The second-order valence-corrected chi connectivity index (χ2v) is 7.74. The zero-order valence-corrected chi connectivity index (χ0v) is 13.2. The fourth-order valence-electron chi connectivity index (χ4n) is 3.99. The van der Waals surface area contributed by atoms with Crippen LogP contribution in [-0.4, -0.2) is 23.3 Å². The van der Waals surface area contributed by atoms with Crippen LogP contribution >= 0.6 is 0 Å². The summed E-state index contributed by atoms with van der Waals surface area (Å²) >= 11 is 0. The smallest absolute Gasteiger partial charge is 0.0771 e. The molecule has 2 saturated carbocycles. The van der Waals surface area contributed by atoms with Crippen molar-refractivity contribution in [2.45, 2.75) is 90.2 Å². The average molecular weight is 267 g/mol. The van der Waals surface area contributed by atoms with Crippen LogP contribution in [0.3, 0.4) is 0 Å². The van der Waals surface area contributed by atoms with Crippen molar-refractivity contribution < 1.29 is 5.11 Å². The van der Waals surface area contributed by atoms with Crippen molar-refractivity contribution in [3.8, 4) is 0 Å². The fourth-order valence-corrected chi connectivity index (χ4v) is 3.99. The molecule has 0 radical (unpaired) electrons. The fraction of sp³-hybridized carbons (Fsp3) is 1.00. The third-order valence-corrected chi connectivity index (χ3v) is 5.80. The van der Waals surface area contributed by atoms with Crippen molar-refractivity contribution in [3.63, 3.8) is 0 Å². The molecule has 0 spiro atoms. The van der Waals surface area contributed by atoms with Crippen LogP contribution in [0, 0.1) is 11.3 Å². The summed E-state index contributed by atoms with van der Waals surface area (Å²) in [5, 5.41) is 14.4. The molecule has 2 aliphatic rings. The van der Waals surface area contributed by atoms with Gasteiger partial charge in [0.15, 0.2) is 0 Å². The lowest BCUT2D eigenvalue weighted by Gasteiger charge is -2.42. The SMILES string of the molecule is CCC1CCC(O)(CNC2CCCCC2(C)C)CC1. The molecule has 1 unspecified atom stereocenters. The molecule has 0 saturated heterocycles. The highest BCUT2D eigenvalue weighted by atomic mass is 16.3. The average Bonchev–Trinajstić information content (AvgIpc) is 2.38. The molecule has 0 aromatic carbocycles. The van der Waals surface area contributed by atoms with Gasteiger partial charge in [-0.3, -0.25) is 0 Å². The summed E-state index contributed by atoms with van der Waals surface area (Å²) in [4.78, 5) is 0. The minimum absolute atomic E-state index is 0.398. The van der Waals surface area contributed by atoms with E-state index in [1.165, 1.54) is 44.9 Å². The van der Waals surface area contributed by atoms with Crippen LogP contribution in [0.1, 0.15) is 78.6 Å². The lowest BCUT2D eigenvalue weighted by molar-refractivity contribution is -0.0159. The van der Waals surface area contributed by atoms with E-state index in [0.29, 0.717) is 11.5 Å². The van der Waals surface area contributed by atoms with Gasteiger partial charge in [-0.25, -0.2) is 0 Å². The minimum atomic E-state index is -0.431. The Kier molecular flexibility index (Phi) is 4.94. The molecular weight excluding hydrogens is 234 g/mol. The zero-order chi connectivity index (χ0) is 13.9. The molecule has 2 fully saturated rings. The predicted octanol–water partition coefficient (Wildman–Crippen LogP) is 3.88. The molecule has 19 heavy (non-hydrogen) atoms. The Balaban J connectivity index is 1.81. The summed E-state index contributed by atoms with van der Waals surface area (Å²) in [6, 6.07) is 0.592. The Labute approximate surface area is 119 Å². The van der Waals surface area contributed by atoms with Gasteiger partial charge in [-0.15, -0.1) is 0 Å². The maximum atomic E-state index is 10.7. The zero-order valence-electron chi connectivity index (χ0n) is 13.2. The van der Waals surface area contributed by atoms with Crippen molar-refractivity contribution in [1.82, 2.24) is 5.32 Å². The van der Waals surface area contributed by atoms with Crippen LogP contribution in [-0.2, 0) is 0 Å². The molecule has 2 rings (SSSR count). The Morgan fingerprint density at radius 1 is 1.05 bits per heavy atom. The van der Waals surface area contributed by atoms with E-state index >= 15 is 0 Å². The summed E-state index contributed by atoms with van der Waals surface area (Å²) in [6.07, 6.45) is 11.0. The van der Waals surface area contributed by atoms with E-state index in [1.807, 2.05) is 0 Å². The van der Waals surface area contributed by atoms with Crippen LogP contribution in [0.4, 0.5) is 0 Å². The van der Waals surface area contributed by atoms with Crippen molar-refractivity contribution in [3.05, 3.63) is 0 Å². The summed E-state index contributed by atoms with van der Waals surface area (Å²) in [5.74, 6) is 0.853. The number of hydrogen-bond donors (Lipinski definition) is 2. The molecule has 1 atom stereocenters. The maximum absolute atomic E-state index is 10.7. The molecule has 0 heterocycles. The summed E-state index contributed by atoms with van der Waals surface area (Å²) in [6.45, 7) is 7.83. The molecule has 0 aromatic heterocycles. The van der Waals surface area contributed by atoms with E-state index in [-0.39, 0.29) is 0 Å². The molecule has 112 valence electrons. The molecule has 0 aliphatic heterocycles. The highest BCUT2D eigenvalue weighted by Crippen LogP contribution is 2.37. The van der Waals surface area contributed by atoms with E-state index < -0.39 is 5.60 Å². The number of aliphatic hydroxyl groups is 1. The Bertz CT molecular complexity index is 279. The Hall–Kier alpha value is -0.0800. The van der Waals surface area contributed by atoms with Gasteiger partial charge in [0, 0.05) is 12.6 Å². The van der Waals surface area contributed by atoms with E-state index in [4.69, 9.17) is 0 Å². The highest BCUT2D eigenvalue weighted by Gasteiger charge is 2.36. The third-order valence-electron chi connectivity index (χ3n) is 5.80. The minimum Gasteiger partial charge on any atom is -0.389 e. The van der Waals surface area contributed by atoms with Crippen molar-refractivity contribution in [1.29, 1.82) is 0 Å². The van der Waals surface area contributed by atoms with Crippen LogP contribution in [0.5, 0.6) is 0 Å². The van der Waals surface area contributed by atoms with Gasteiger partial charge >= 0.3 is 0 Å². The van der Waals surface area contributed by atoms with Gasteiger partial charge in [0.1, 0.15) is 0 Å². The van der Waals surface area contributed by atoms with Gasteiger partial charge in [-0.2, -0.15) is 0 Å². The second-order valence-electron chi connectivity index (χ2n) is 7.74. The molecule has 2 N–H and O–H groups in total. The maximum Gasteiger partial charge on any atom is 0.0771 e. The van der Waals surface area contributed by atoms with Crippen molar-refractivity contribution in [2.75, 3.05) is 6.54 Å². The summed E-state index contributed by atoms with van der Waals surface area (Å²) in [7, 11) is 0. The van der Waals surface area contributed by atoms with Gasteiger partial charge in [0.25, 0.3) is 0 Å². The van der Waals surface area contributed by atoms with E-state index in [0.717, 1.165) is 25.3 Å². The predicted molar refractivity (Wildman–Crippen MR) is 81.2 cm³/mol. The standard InChI is InChI=1S/C17H33NO/c1-4-14-8-11-17(19,12-9-14)13-18-15-7-5-6-10-16(15,2)3/h14-15,18-19H,4-13H2,1-3H3. The first-order valence-corrected chi connectivity index (χ1v) is 8.41. The monoisotopic (exact) mass is 267 g/mol. The molecular formula is C17H33NO. The number of rotatable bonds is 4. The lowest BCUT2D eigenvalue weighted by atomic mass is 9.72. The first-order valence-electron chi connectivity index (χ1n) is 8.41. The lowest BCUT2D eigenvalue weighted by Crippen LogP contribution is -2.51. The van der Waals surface area contributed by atoms with Gasteiger partial charge in [0.2, 0.25) is 0 Å². The number of nitrogens with one attached hydrogen (secondary N) is 1. The molecule has 2 aliphatic carbocycles. The summed E-state index contributed by atoms with van der Waals surface area (Å²) in [5.41, 5.74) is -0.0333. The molecule has 2 heteroatoms. The van der Waals surface area contributed by atoms with Crippen LogP contribution < -0.4 is 5.32 Å². The van der Waals surface area contributed by atoms with E-state index in [2.05, 4.69) is 26.1 Å². The van der Waals surface area contributed by atoms with Crippen molar-refractivity contribution in [2.24, 2.45) is 11.3 Å². The summed E-state index contributed by atoms with van der Waals surface area (Å²) < 4.78 is 0. The first kappa shape index (κ1) is 15.3. The van der Waals surface area contributed by atoms with E-state index in [1.54, 1.807) is 0 Å². The molecule has 0 amide bonds. The van der Waals surface area contributed by atoms with Gasteiger partial charge in [-0.1, -0.05) is 40.0 Å². The van der Waals surface area contributed by atoms with Crippen LogP contribution in [0.25, 0.3) is 0 Å².